The summed E-state index contributed by atoms with van der Waals surface area (Å²) in [7, 11) is 1.55. The number of anilines is 3. The van der Waals surface area contributed by atoms with E-state index in [1.165, 1.54) is 19.3 Å². The molecular weight excluding hydrogens is 320 g/mol. The zero-order valence-corrected chi connectivity index (χ0v) is 14.0. The van der Waals surface area contributed by atoms with Crippen molar-refractivity contribution < 1.29 is 9.84 Å². The van der Waals surface area contributed by atoms with E-state index in [9.17, 15) is 5.11 Å². The van der Waals surface area contributed by atoms with Gasteiger partial charge in [-0.3, -0.25) is 0 Å². The minimum atomic E-state index is 0.112. The molecule has 3 heterocycles. The van der Waals surface area contributed by atoms with E-state index in [-0.39, 0.29) is 5.75 Å². The quantitative estimate of drug-likeness (QED) is 0.754. The molecular formula is C17H20N6O2. The largest absolute Gasteiger partial charge is 0.508 e. The van der Waals surface area contributed by atoms with Crippen LogP contribution in [0.25, 0.3) is 5.65 Å². The van der Waals surface area contributed by atoms with Crippen LogP contribution >= 0.6 is 0 Å². The van der Waals surface area contributed by atoms with Crippen molar-refractivity contribution in [3.05, 3.63) is 30.6 Å². The number of benzene rings is 1. The van der Waals surface area contributed by atoms with Crippen molar-refractivity contribution in [1.29, 1.82) is 0 Å². The Kier molecular flexibility index (Phi) is 4.01. The van der Waals surface area contributed by atoms with Gasteiger partial charge in [0.1, 0.15) is 11.5 Å². The molecule has 0 radical (unpaired) electrons. The van der Waals surface area contributed by atoms with E-state index in [1.54, 1.807) is 42.2 Å². The van der Waals surface area contributed by atoms with Gasteiger partial charge in [0.25, 0.3) is 0 Å². The highest BCUT2D eigenvalue weighted by atomic mass is 16.5. The number of aromatic hydroxyl groups is 1. The number of methoxy groups -OCH3 is 1. The first-order valence-electron chi connectivity index (χ1n) is 8.34. The second kappa shape index (κ2) is 6.46. The molecule has 0 aliphatic carbocycles. The highest BCUT2D eigenvalue weighted by molar-refractivity contribution is 5.67. The van der Waals surface area contributed by atoms with Gasteiger partial charge in [-0.1, -0.05) is 0 Å². The fourth-order valence-electron chi connectivity index (χ4n) is 3.09. The molecule has 4 rings (SSSR count). The van der Waals surface area contributed by atoms with E-state index in [2.05, 4.69) is 25.3 Å². The van der Waals surface area contributed by atoms with Crippen LogP contribution in [-0.4, -0.2) is 44.9 Å². The van der Waals surface area contributed by atoms with E-state index in [1.807, 2.05) is 0 Å². The summed E-state index contributed by atoms with van der Waals surface area (Å²) in [5, 5.41) is 17.3. The molecule has 130 valence electrons. The third-order valence-corrected chi connectivity index (χ3v) is 4.27. The third kappa shape index (κ3) is 3.15. The summed E-state index contributed by atoms with van der Waals surface area (Å²) in [6.45, 7) is 1.98. The summed E-state index contributed by atoms with van der Waals surface area (Å²) >= 11 is 0. The monoisotopic (exact) mass is 340 g/mol. The summed E-state index contributed by atoms with van der Waals surface area (Å²) in [4.78, 5) is 11.3. The normalized spacial score (nSPS) is 14.7. The predicted molar refractivity (Wildman–Crippen MR) is 94.8 cm³/mol. The van der Waals surface area contributed by atoms with Crippen LogP contribution in [0.2, 0.25) is 0 Å². The minimum Gasteiger partial charge on any atom is -0.508 e. The molecule has 1 saturated heterocycles. The van der Waals surface area contributed by atoms with E-state index in [0.29, 0.717) is 17.4 Å². The Morgan fingerprint density at radius 1 is 1.16 bits per heavy atom. The molecule has 3 aromatic rings. The zero-order valence-electron chi connectivity index (χ0n) is 14.0. The van der Waals surface area contributed by atoms with Gasteiger partial charge in [0.05, 0.1) is 7.11 Å². The summed E-state index contributed by atoms with van der Waals surface area (Å²) in [5.41, 5.74) is 1.37. The number of hydrogen-bond acceptors (Lipinski definition) is 7. The maximum atomic E-state index is 9.77. The number of rotatable bonds is 4. The van der Waals surface area contributed by atoms with Crippen LogP contribution in [0.4, 0.5) is 17.5 Å². The Morgan fingerprint density at radius 3 is 2.80 bits per heavy atom. The van der Waals surface area contributed by atoms with E-state index in [0.717, 1.165) is 24.6 Å². The minimum absolute atomic E-state index is 0.112. The Bertz CT molecular complexity index is 888. The topological polar surface area (TPSA) is 87.8 Å². The fourth-order valence-corrected chi connectivity index (χ4v) is 3.09. The molecule has 2 N–H and O–H groups in total. The first-order chi connectivity index (χ1) is 12.2. The number of nitrogens with one attached hydrogen (secondary N) is 1. The molecule has 8 heteroatoms. The lowest BCUT2D eigenvalue weighted by atomic mass is 10.1. The second-order valence-electron chi connectivity index (χ2n) is 6.05. The summed E-state index contributed by atoms with van der Waals surface area (Å²) in [6, 6.07) is 4.91. The molecule has 1 aliphatic heterocycles. The van der Waals surface area contributed by atoms with Crippen LogP contribution in [0.1, 0.15) is 19.3 Å². The van der Waals surface area contributed by atoms with Gasteiger partial charge in [-0.05, 0) is 19.3 Å². The molecule has 2 aromatic heterocycles. The van der Waals surface area contributed by atoms with Gasteiger partial charge in [0, 0.05) is 49.4 Å². The van der Waals surface area contributed by atoms with E-state index >= 15 is 0 Å². The molecule has 0 saturated carbocycles. The standard InChI is InChI=1S/C17H20N6O2/c1-25-14-10-12(9-13(24)11-14)19-17-20-16-15(18-5-8-23(16)21-17)22-6-3-2-4-7-22/h5,8-11,24H,2-4,6-7H2,1H3,(H,19,21). The van der Waals surface area contributed by atoms with Crippen LogP contribution in [0, 0.1) is 0 Å². The number of fused-ring (bicyclic) bond motifs is 1. The number of aromatic nitrogens is 4. The van der Waals surface area contributed by atoms with Crippen molar-refractivity contribution in [2.75, 3.05) is 30.4 Å². The lowest BCUT2D eigenvalue weighted by Gasteiger charge is -2.27. The molecule has 8 nitrogen and oxygen atoms in total. The molecule has 1 aromatic carbocycles. The van der Waals surface area contributed by atoms with Gasteiger partial charge < -0.3 is 20.1 Å². The lowest BCUT2D eigenvalue weighted by Crippen LogP contribution is -2.30. The van der Waals surface area contributed by atoms with E-state index in [4.69, 9.17) is 4.74 Å². The molecule has 25 heavy (non-hydrogen) atoms. The number of ether oxygens (including phenoxy) is 1. The van der Waals surface area contributed by atoms with Gasteiger partial charge in [0.2, 0.25) is 5.95 Å². The highest BCUT2D eigenvalue weighted by Crippen LogP contribution is 2.27. The van der Waals surface area contributed by atoms with Crippen LogP contribution in [0.5, 0.6) is 11.5 Å². The van der Waals surface area contributed by atoms with Crippen LogP contribution in [0.3, 0.4) is 0 Å². The number of hydrogen-bond donors (Lipinski definition) is 2. The average Bonchev–Trinajstić information content (AvgIpc) is 3.04. The summed E-state index contributed by atoms with van der Waals surface area (Å²) in [6.07, 6.45) is 7.13. The van der Waals surface area contributed by atoms with Gasteiger partial charge in [-0.25, -0.2) is 9.50 Å². The maximum Gasteiger partial charge on any atom is 0.247 e. The molecule has 0 atom stereocenters. The lowest BCUT2D eigenvalue weighted by molar-refractivity contribution is 0.408. The zero-order chi connectivity index (χ0) is 17.2. The first-order valence-corrected chi connectivity index (χ1v) is 8.34. The molecule has 1 aliphatic rings. The van der Waals surface area contributed by atoms with Crippen molar-refractivity contribution in [2.45, 2.75) is 19.3 Å². The van der Waals surface area contributed by atoms with Crippen molar-refractivity contribution in [3.63, 3.8) is 0 Å². The SMILES string of the molecule is COc1cc(O)cc(Nc2nc3c(N4CCCCC4)nccn3n2)c1. The Hall–Kier alpha value is -3.03. The molecule has 0 amide bonds. The average molecular weight is 340 g/mol. The third-order valence-electron chi connectivity index (χ3n) is 4.27. The van der Waals surface area contributed by atoms with Crippen molar-refractivity contribution in [3.8, 4) is 11.5 Å². The van der Waals surface area contributed by atoms with Gasteiger partial charge >= 0.3 is 0 Å². The molecule has 0 spiro atoms. The molecule has 1 fully saturated rings. The Morgan fingerprint density at radius 2 is 2.00 bits per heavy atom. The highest BCUT2D eigenvalue weighted by Gasteiger charge is 2.18. The second-order valence-corrected chi connectivity index (χ2v) is 6.05. The smallest absolute Gasteiger partial charge is 0.247 e. The molecule has 0 unspecified atom stereocenters. The number of nitrogens with zero attached hydrogens (tertiary/aromatic N) is 5. The van der Waals surface area contributed by atoms with Crippen molar-refractivity contribution >= 4 is 23.1 Å². The molecule has 0 bridgehead atoms. The number of phenols is 1. The van der Waals surface area contributed by atoms with E-state index < -0.39 is 0 Å². The van der Waals surface area contributed by atoms with Crippen LogP contribution in [-0.2, 0) is 0 Å². The van der Waals surface area contributed by atoms with Crippen LogP contribution in [0.15, 0.2) is 30.6 Å². The summed E-state index contributed by atoms with van der Waals surface area (Å²) in [5.74, 6) is 1.97. The van der Waals surface area contributed by atoms with Gasteiger partial charge in [-0.2, -0.15) is 4.98 Å². The fraction of sp³-hybridized carbons (Fsp3) is 0.353. The van der Waals surface area contributed by atoms with Gasteiger partial charge in [-0.15, -0.1) is 5.10 Å². The Balaban J connectivity index is 1.66. The first kappa shape index (κ1) is 15.5. The number of piperidine rings is 1. The Labute approximate surface area is 145 Å². The van der Waals surface area contributed by atoms with Crippen molar-refractivity contribution in [1.82, 2.24) is 19.6 Å². The predicted octanol–water partition coefficient (Wildman–Crippen LogP) is 2.57. The van der Waals surface area contributed by atoms with Crippen LogP contribution < -0.4 is 15.0 Å². The van der Waals surface area contributed by atoms with Crippen molar-refractivity contribution in [2.24, 2.45) is 0 Å². The summed E-state index contributed by atoms with van der Waals surface area (Å²) < 4.78 is 6.89. The maximum absolute atomic E-state index is 9.77. The van der Waals surface area contributed by atoms with Gasteiger partial charge in [0.15, 0.2) is 11.5 Å². The number of phenolic OH excluding ortho intramolecular Hbond substituents is 1.